The van der Waals surface area contributed by atoms with Crippen molar-refractivity contribution in [1.29, 1.82) is 0 Å². The van der Waals surface area contributed by atoms with Crippen molar-refractivity contribution in [3.05, 3.63) is 0 Å². The fourth-order valence-corrected chi connectivity index (χ4v) is 3.40. The van der Waals surface area contributed by atoms with Crippen LogP contribution >= 0.6 is 11.8 Å². The average molecular weight is 215 g/mol. The lowest BCUT2D eigenvalue weighted by atomic mass is 9.97. The quantitative estimate of drug-likeness (QED) is 0.743. The Bertz CT molecular complexity index is 234. The van der Waals surface area contributed by atoms with E-state index in [1.165, 1.54) is 12.8 Å². The molecule has 4 heteroatoms. The van der Waals surface area contributed by atoms with Crippen molar-refractivity contribution in [2.24, 2.45) is 5.92 Å². The number of rotatable bonds is 4. The van der Waals surface area contributed by atoms with Crippen LogP contribution in [0.25, 0.3) is 0 Å². The molecule has 1 heterocycles. The zero-order valence-electron chi connectivity index (χ0n) is 8.45. The van der Waals surface area contributed by atoms with Crippen LogP contribution in [0.4, 0.5) is 0 Å². The van der Waals surface area contributed by atoms with Gasteiger partial charge in [0.25, 0.3) is 0 Å². The molecule has 2 aliphatic rings. The van der Waals surface area contributed by atoms with Crippen molar-refractivity contribution in [2.75, 3.05) is 11.5 Å². The van der Waals surface area contributed by atoms with Gasteiger partial charge in [-0.3, -0.25) is 10.1 Å². The summed E-state index contributed by atoms with van der Waals surface area (Å²) < 4.78 is 0. The second kappa shape index (κ2) is 3.74. The van der Waals surface area contributed by atoms with Gasteiger partial charge in [-0.15, -0.1) is 0 Å². The molecule has 3 nitrogen and oxygen atoms in total. The van der Waals surface area contributed by atoms with Crippen LogP contribution in [-0.2, 0) is 4.79 Å². The normalized spacial score (nSPS) is 34.4. The van der Waals surface area contributed by atoms with Crippen molar-refractivity contribution in [1.82, 2.24) is 5.32 Å². The number of carboxylic acid groups (broad SMARTS) is 1. The number of carboxylic acids is 1. The number of carbonyl (C=O) groups is 1. The van der Waals surface area contributed by atoms with Gasteiger partial charge in [-0.25, -0.2) is 0 Å². The zero-order valence-corrected chi connectivity index (χ0v) is 9.27. The summed E-state index contributed by atoms with van der Waals surface area (Å²) in [6, 6.07) is 0.366. The first-order valence-electron chi connectivity index (χ1n) is 5.23. The lowest BCUT2D eigenvalue weighted by Crippen LogP contribution is -2.56. The maximum Gasteiger partial charge on any atom is 0.324 e. The molecule has 0 aromatic carbocycles. The van der Waals surface area contributed by atoms with E-state index in [2.05, 4.69) is 12.2 Å². The van der Waals surface area contributed by atoms with Gasteiger partial charge in [0, 0.05) is 11.8 Å². The van der Waals surface area contributed by atoms with Gasteiger partial charge < -0.3 is 5.11 Å². The molecule has 2 rings (SSSR count). The minimum atomic E-state index is -0.671. The van der Waals surface area contributed by atoms with Gasteiger partial charge in [-0.2, -0.15) is 11.8 Å². The van der Waals surface area contributed by atoms with Crippen LogP contribution < -0.4 is 5.32 Å². The number of hydrogen-bond donors (Lipinski definition) is 2. The summed E-state index contributed by atoms with van der Waals surface area (Å²) in [4.78, 5) is 11.2. The highest BCUT2D eigenvalue weighted by Gasteiger charge is 2.44. The Balaban J connectivity index is 1.99. The summed E-state index contributed by atoms with van der Waals surface area (Å²) in [5.41, 5.74) is -0.632. The van der Waals surface area contributed by atoms with Gasteiger partial charge in [-0.1, -0.05) is 0 Å². The Morgan fingerprint density at radius 1 is 1.64 bits per heavy atom. The van der Waals surface area contributed by atoms with E-state index >= 15 is 0 Å². The van der Waals surface area contributed by atoms with E-state index in [1.54, 1.807) is 11.8 Å². The average Bonchev–Trinajstić information content (AvgIpc) is 2.88. The predicted octanol–water partition coefficient (Wildman–Crippen LogP) is 1.33. The summed E-state index contributed by atoms with van der Waals surface area (Å²) in [5.74, 6) is 1.74. The van der Waals surface area contributed by atoms with Crippen LogP contribution in [0.3, 0.4) is 0 Å². The highest BCUT2D eigenvalue weighted by molar-refractivity contribution is 7.99. The van der Waals surface area contributed by atoms with Crippen molar-refractivity contribution in [3.63, 3.8) is 0 Å². The van der Waals surface area contributed by atoms with Crippen LogP contribution in [0.1, 0.15) is 26.2 Å². The molecule has 2 fully saturated rings. The molecule has 2 unspecified atom stereocenters. The summed E-state index contributed by atoms with van der Waals surface area (Å²) in [6.07, 6.45) is 3.29. The molecule has 1 aliphatic carbocycles. The molecule has 0 aromatic rings. The van der Waals surface area contributed by atoms with Gasteiger partial charge in [0.1, 0.15) is 5.54 Å². The fraction of sp³-hybridized carbons (Fsp3) is 0.900. The summed E-state index contributed by atoms with van der Waals surface area (Å²) in [7, 11) is 0. The number of hydrogen-bond acceptors (Lipinski definition) is 3. The maximum atomic E-state index is 11.2. The molecule has 14 heavy (non-hydrogen) atoms. The molecule has 0 amide bonds. The minimum absolute atomic E-state index is 0.366. The van der Waals surface area contributed by atoms with Crippen molar-refractivity contribution in [3.8, 4) is 0 Å². The second-order valence-electron chi connectivity index (χ2n) is 4.46. The minimum Gasteiger partial charge on any atom is -0.480 e. The fourth-order valence-electron chi connectivity index (χ4n) is 2.06. The van der Waals surface area contributed by atoms with Crippen molar-refractivity contribution < 1.29 is 9.90 Å². The predicted molar refractivity (Wildman–Crippen MR) is 57.6 cm³/mol. The van der Waals surface area contributed by atoms with Crippen LogP contribution in [0.15, 0.2) is 0 Å². The second-order valence-corrected chi connectivity index (χ2v) is 5.57. The lowest BCUT2D eigenvalue weighted by Gasteiger charge is -2.28. The Morgan fingerprint density at radius 3 is 2.79 bits per heavy atom. The first-order valence-corrected chi connectivity index (χ1v) is 6.38. The molecule has 1 aliphatic heterocycles. The van der Waals surface area contributed by atoms with E-state index in [9.17, 15) is 9.90 Å². The number of thioether (sulfide) groups is 1. The molecule has 0 bridgehead atoms. The SMILES string of the molecule is CC(NC1(C(=O)O)CCSC1)C1CC1. The van der Waals surface area contributed by atoms with Gasteiger partial charge in [-0.05, 0) is 37.9 Å². The van der Waals surface area contributed by atoms with E-state index in [4.69, 9.17) is 0 Å². The van der Waals surface area contributed by atoms with E-state index in [1.807, 2.05) is 0 Å². The molecule has 0 radical (unpaired) electrons. The third kappa shape index (κ3) is 1.91. The molecule has 0 aromatic heterocycles. The van der Waals surface area contributed by atoms with Crippen LogP contribution in [-0.4, -0.2) is 34.2 Å². The Hall–Kier alpha value is -0.220. The molecular formula is C10H17NO2S. The van der Waals surface area contributed by atoms with Gasteiger partial charge in [0.2, 0.25) is 0 Å². The van der Waals surface area contributed by atoms with E-state index < -0.39 is 11.5 Å². The Kier molecular flexibility index (Phi) is 2.75. The molecule has 2 atom stereocenters. The van der Waals surface area contributed by atoms with Gasteiger partial charge >= 0.3 is 5.97 Å². The summed E-state index contributed by atoms with van der Waals surface area (Å²) in [5, 5.41) is 12.6. The molecule has 2 N–H and O–H groups in total. The standard InChI is InChI=1S/C10H17NO2S/c1-7(8-2-3-8)11-10(9(12)13)4-5-14-6-10/h7-8,11H,2-6H2,1H3,(H,12,13). The molecule has 1 saturated heterocycles. The third-order valence-corrected chi connectivity index (χ3v) is 4.45. The van der Waals surface area contributed by atoms with Crippen LogP contribution in [0.2, 0.25) is 0 Å². The third-order valence-electron chi connectivity index (χ3n) is 3.26. The molecule has 0 spiro atoms. The topological polar surface area (TPSA) is 49.3 Å². The van der Waals surface area contributed by atoms with Crippen molar-refractivity contribution >= 4 is 17.7 Å². The largest absolute Gasteiger partial charge is 0.480 e. The first kappa shape index (κ1) is 10.3. The molecular weight excluding hydrogens is 198 g/mol. The summed E-state index contributed by atoms with van der Waals surface area (Å²) in [6.45, 7) is 2.12. The highest BCUT2D eigenvalue weighted by atomic mass is 32.2. The Morgan fingerprint density at radius 2 is 2.36 bits per heavy atom. The number of nitrogens with one attached hydrogen (secondary N) is 1. The maximum absolute atomic E-state index is 11.2. The van der Waals surface area contributed by atoms with Crippen molar-refractivity contribution in [2.45, 2.75) is 37.8 Å². The highest BCUT2D eigenvalue weighted by Crippen LogP contribution is 2.35. The Labute approximate surface area is 88.6 Å². The van der Waals surface area contributed by atoms with Crippen LogP contribution in [0, 0.1) is 5.92 Å². The molecule has 1 saturated carbocycles. The number of aliphatic carboxylic acids is 1. The van der Waals surface area contributed by atoms with Gasteiger partial charge in [0.15, 0.2) is 0 Å². The van der Waals surface area contributed by atoms with E-state index in [-0.39, 0.29) is 0 Å². The lowest BCUT2D eigenvalue weighted by molar-refractivity contribution is -0.144. The first-order chi connectivity index (χ1) is 6.64. The molecule has 80 valence electrons. The van der Waals surface area contributed by atoms with Crippen LogP contribution in [0.5, 0.6) is 0 Å². The van der Waals surface area contributed by atoms with Gasteiger partial charge in [0.05, 0.1) is 0 Å². The zero-order chi connectivity index (χ0) is 10.2. The van der Waals surface area contributed by atoms with E-state index in [0.717, 1.165) is 23.8 Å². The smallest absolute Gasteiger partial charge is 0.324 e. The van der Waals surface area contributed by atoms with E-state index in [0.29, 0.717) is 6.04 Å². The monoisotopic (exact) mass is 215 g/mol. The summed E-state index contributed by atoms with van der Waals surface area (Å²) >= 11 is 1.74.